The molecular formula is C25H33N5O5S2. The number of carbonyl (C=O) groups excluding carboxylic acids is 1. The van der Waals surface area contributed by atoms with Crippen LogP contribution in [-0.2, 0) is 30.8 Å². The number of likely N-dealkylation sites (N-methyl/N-ethyl adjacent to an activating group) is 1. The minimum atomic E-state index is -3.32. The fourth-order valence-corrected chi connectivity index (χ4v) is 6.91. The highest BCUT2D eigenvalue weighted by Crippen LogP contribution is 2.33. The fraction of sp³-hybridized carbons (Fsp3) is 0.560. The predicted octanol–water partition coefficient (Wildman–Crippen LogP) is 2.36. The molecule has 0 bridgehead atoms. The van der Waals surface area contributed by atoms with Crippen LogP contribution < -0.4 is 5.32 Å². The summed E-state index contributed by atoms with van der Waals surface area (Å²) in [5, 5.41) is 7.19. The van der Waals surface area contributed by atoms with E-state index in [4.69, 9.17) is 9.57 Å². The lowest BCUT2D eigenvalue weighted by molar-refractivity contribution is -0.110. The van der Waals surface area contributed by atoms with Crippen molar-refractivity contribution in [2.24, 2.45) is 5.16 Å². The zero-order chi connectivity index (χ0) is 26.0. The zero-order valence-electron chi connectivity index (χ0n) is 21.1. The number of aromatic nitrogens is 1. The molecule has 10 nitrogen and oxygen atoms in total. The number of hydrogen-bond acceptors (Lipinski definition) is 10. The van der Waals surface area contributed by atoms with Gasteiger partial charge in [0, 0.05) is 55.3 Å². The molecule has 2 aliphatic heterocycles. The van der Waals surface area contributed by atoms with E-state index < -0.39 is 15.7 Å². The number of thiazole rings is 1. The SMILES string of the molecule is C[C@H]1CN(Cc2cnc(NC(=O)C(=NO[C@@H]3CCOC3)c3ccc(S(=O)(=O)C4CC4)cc3)s2)CCN1C. The van der Waals surface area contributed by atoms with E-state index in [0.29, 0.717) is 49.2 Å². The van der Waals surface area contributed by atoms with E-state index in [0.717, 1.165) is 31.1 Å². The largest absolute Gasteiger partial charge is 0.389 e. The molecule has 200 valence electrons. The molecule has 2 saturated heterocycles. The Balaban J connectivity index is 1.29. The van der Waals surface area contributed by atoms with Crippen LogP contribution in [0.25, 0.3) is 0 Å². The van der Waals surface area contributed by atoms with Crippen molar-refractivity contribution in [3.05, 3.63) is 40.9 Å². The first kappa shape index (κ1) is 26.2. The summed E-state index contributed by atoms with van der Waals surface area (Å²) in [5.41, 5.74) is 0.529. The Bertz CT molecular complexity index is 1240. The molecule has 3 heterocycles. The first-order valence-electron chi connectivity index (χ1n) is 12.6. The molecule has 3 fully saturated rings. The van der Waals surface area contributed by atoms with Gasteiger partial charge in [-0.3, -0.25) is 15.0 Å². The van der Waals surface area contributed by atoms with Gasteiger partial charge in [0.25, 0.3) is 5.91 Å². The Morgan fingerprint density at radius 3 is 2.70 bits per heavy atom. The Labute approximate surface area is 221 Å². The Morgan fingerprint density at radius 2 is 2.03 bits per heavy atom. The second kappa shape index (κ2) is 11.2. The van der Waals surface area contributed by atoms with Gasteiger partial charge in [-0.1, -0.05) is 17.3 Å². The summed E-state index contributed by atoms with van der Waals surface area (Å²) in [7, 11) is -1.18. The van der Waals surface area contributed by atoms with Gasteiger partial charge in [0.05, 0.1) is 23.4 Å². The molecule has 1 aliphatic carbocycles. The van der Waals surface area contributed by atoms with Crippen LogP contribution in [0.5, 0.6) is 0 Å². The standard InChI is InChI=1S/C25H33N5O5S2/c1-17-14-30(11-10-29(17)2)15-20-13-26-25(36-20)27-24(31)23(28-35-19-9-12-34-16-19)18-3-5-21(6-4-18)37(32,33)22-7-8-22/h3-6,13,17,19,22H,7-12,14-16H2,1-2H3,(H,26,27,31)/t17-,19+/m0/s1. The molecule has 1 N–H and O–H groups in total. The van der Waals surface area contributed by atoms with E-state index in [-0.39, 0.29) is 22.0 Å². The number of oxime groups is 1. The third kappa shape index (κ3) is 6.37. The summed E-state index contributed by atoms with van der Waals surface area (Å²) in [6.07, 6.45) is 3.65. The van der Waals surface area contributed by atoms with Crippen LogP contribution in [0.1, 0.15) is 36.6 Å². The number of amides is 1. The maximum atomic E-state index is 13.3. The minimum Gasteiger partial charge on any atom is -0.389 e. The van der Waals surface area contributed by atoms with E-state index >= 15 is 0 Å². The van der Waals surface area contributed by atoms with Crippen molar-refractivity contribution in [2.75, 3.05) is 45.2 Å². The average Bonchev–Trinajstić information content (AvgIpc) is 3.46. The van der Waals surface area contributed by atoms with Gasteiger partial charge in [-0.2, -0.15) is 0 Å². The second-order valence-electron chi connectivity index (χ2n) is 9.95. The molecule has 37 heavy (non-hydrogen) atoms. The highest BCUT2D eigenvalue weighted by atomic mass is 32.2. The van der Waals surface area contributed by atoms with Gasteiger partial charge >= 0.3 is 0 Å². The summed E-state index contributed by atoms with van der Waals surface area (Å²) in [5.74, 6) is -0.467. The van der Waals surface area contributed by atoms with Crippen molar-refractivity contribution in [2.45, 2.75) is 55.0 Å². The van der Waals surface area contributed by atoms with E-state index in [1.165, 1.54) is 23.5 Å². The number of rotatable bonds is 9. The number of nitrogens with one attached hydrogen (secondary N) is 1. The van der Waals surface area contributed by atoms with E-state index in [1.807, 2.05) is 0 Å². The van der Waals surface area contributed by atoms with Gasteiger partial charge < -0.3 is 14.5 Å². The number of nitrogens with zero attached hydrogens (tertiary/aromatic N) is 4. The van der Waals surface area contributed by atoms with Crippen molar-refractivity contribution in [3.63, 3.8) is 0 Å². The summed E-state index contributed by atoms with van der Waals surface area (Å²) in [6.45, 7) is 7.01. The second-order valence-corrected chi connectivity index (χ2v) is 13.3. The van der Waals surface area contributed by atoms with Crippen LogP contribution in [0.3, 0.4) is 0 Å². The lowest BCUT2D eigenvalue weighted by Gasteiger charge is -2.37. The normalized spacial score (nSPS) is 23.8. The highest BCUT2D eigenvalue weighted by Gasteiger charge is 2.37. The molecule has 3 aliphatic rings. The molecule has 1 aromatic carbocycles. The summed E-state index contributed by atoms with van der Waals surface area (Å²) in [6, 6.07) is 6.76. The smallest absolute Gasteiger partial charge is 0.280 e. The predicted molar refractivity (Wildman–Crippen MR) is 142 cm³/mol. The fourth-order valence-electron chi connectivity index (χ4n) is 4.40. The van der Waals surface area contributed by atoms with Crippen LogP contribution in [0.4, 0.5) is 5.13 Å². The molecule has 0 radical (unpaired) electrons. The molecule has 2 aromatic rings. The molecule has 5 rings (SSSR count). The van der Waals surface area contributed by atoms with Crippen LogP contribution in [0.15, 0.2) is 40.5 Å². The lowest BCUT2D eigenvalue weighted by atomic mass is 10.1. The first-order valence-corrected chi connectivity index (χ1v) is 15.0. The van der Waals surface area contributed by atoms with Gasteiger partial charge in [-0.25, -0.2) is 13.4 Å². The van der Waals surface area contributed by atoms with Crippen LogP contribution >= 0.6 is 11.3 Å². The average molecular weight is 548 g/mol. The van der Waals surface area contributed by atoms with Crippen molar-refractivity contribution in [3.8, 4) is 0 Å². The molecule has 1 amide bonds. The number of anilines is 1. The third-order valence-electron chi connectivity index (χ3n) is 7.01. The molecule has 1 aromatic heterocycles. The number of benzene rings is 1. The van der Waals surface area contributed by atoms with Gasteiger partial charge in [0.2, 0.25) is 0 Å². The van der Waals surface area contributed by atoms with Gasteiger partial charge in [-0.15, -0.1) is 11.3 Å². The van der Waals surface area contributed by atoms with Crippen molar-refractivity contribution in [1.82, 2.24) is 14.8 Å². The molecule has 1 saturated carbocycles. The molecule has 12 heteroatoms. The van der Waals surface area contributed by atoms with Gasteiger partial charge in [0.1, 0.15) is 0 Å². The number of sulfone groups is 1. The Morgan fingerprint density at radius 1 is 1.24 bits per heavy atom. The van der Waals surface area contributed by atoms with Gasteiger partial charge in [-0.05, 0) is 38.9 Å². The molecule has 0 unspecified atom stereocenters. The Kier molecular flexibility index (Phi) is 7.91. The molecular weight excluding hydrogens is 514 g/mol. The first-order chi connectivity index (χ1) is 17.8. The maximum Gasteiger partial charge on any atom is 0.280 e. The van der Waals surface area contributed by atoms with Gasteiger partial charge in [0.15, 0.2) is 26.8 Å². The van der Waals surface area contributed by atoms with E-state index in [1.54, 1.807) is 18.3 Å². The quantitative estimate of drug-likeness (QED) is 0.376. The topological polar surface area (TPSA) is 113 Å². The minimum absolute atomic E-state index is 0.0620. The number of hydrogen-bond donors (Lipinski definition) is 1. The third-order valence-corrected chi connectivity index (χ3v) is 10.2. The van der Waals surface area contributed by atoms with Crippen molar-refractivity contribution in [1.29, 1.82) is 0 Å². The van der Waals surface area contributed by atoms with Crippen molar-refractivity contribution >= 4 is 37.9 Å². The number of ether oxygens (including phenoxy) is 1. The van der Waals surface area contributed by atoms with Crippen LogP contribution in [0, 0.1) is 0 Å². The van der Waals surface area contributed by atoms with E-state index in [9.17, 15) is 13.2 Å². The van der Waals surface area contributed by atoms with E-state index in [2.05, 4.69) is 39.2 Å². The number of carbonyl (C=O) groups is 1. The van der Waals surface area contributed by atoms with Crippen LogP contribution in [0.2, 0.25) is 0 Å². The molecule has 2 atom stereocenters. The zero-order valence-corrected chi connectivity index (χ0v) is 22.8. The molecule has 0 spiro atoms. The summed E-state index contributed by atoms with van der Waals surface area (Å²) < 4.78 is 30.5. The summed E-state index contributed by atoms with van der Waals surface area (Å²) in [4.78, 5) is 29.3. The maximum absolute atomic E-state index is 13.3. The summed E-state index contributed by atoms with van der Waals surface area (Å²) >= 11 is 1.44. The van der Waals surface area contributed by atoms with Crippen LogP contribution in [-0.4, -0.2) is 92.1 Å². The number of piperazine rings is 1. The highest BCUT2D eigenvalue weighted by molar-refractivity contribution is 7.92. The lowest BCUT2D eigenvalue weighted by Crippen LogP contribution is -2.49. The monoisotopic (exact) mass is 547 g/mol. The Hall–Kier alpha value is -2.38. The van der Waals surface area contributed by atoms with Crippen molar-refractivity contribution < 1.29 is 22.8 Å².